The van der Waals surface area contributed by atoms with Gasteiger partial charge in [0.15, 0.2) is 11.8 Å². The molecule has 2 unspecified atom stereocenters. The molecule has 4 rings (SSSR count). The van der Waals surface area contributed by atoms with Crippen molar-refractivity contribution in [2.75, 3.05) is 13.2 Å². The number of benzene rings is 2. The predicted molar refractivity (Wildman–Crippen MR) is 136 cm³/mol. The summed E-state index contributed by atoms with van der Waals surface area (Å²) in [4.78, 5) is 9.77. The van der Waals surface area contributed by atoms with Crippen molar-refractivity contribution < 1.29 is 9.47 Å². The zero-order chi connectivity index (χ0) is 21.9. The van der Waals surface area contributed by atoms with Crippen LogP contribution in [0.5, 0.6) is 0 Å². The minimum atomic E-state index is -1.53. The molecule has 2 aliphatic heterocycles. The lowest BCUT2D eigenvalue weighted by Gasteiger charge is -2.24. The summed E-state index contributed by atoms with van der Waals surface area (Å²) in [6, 6.07) is 24.5. The lowest BCUT2D eigenvalue weighted by molar-refractivity contribution is 0.303. The third kappa shape index (κ3) is 5.54. The summed E-state index contributed by atoms with van der Waals surface area (Å²) in [6.45, 7) is 11.0. The molecule has 0 aromatic heterocycles. The Labute approximate surface area is 188 Å². The highest BCUT2D eigenvalue weighted by molar-refractivity contribution is 6.90. The highest BCUT2D eigenvalue weighted by Gasteiger charge is 2.33. The van der Waals surface area contributed by atoms with Crippen molar-refractivity contribution in [2.24, 2.45) is 9.98 Å². The summed E-state index contributed by atoms with van der Waals surface area (Å²) in [7, 11) is -3.06. The van der Waals surface area contributed by atoms with Gasteiger partial charge in [-0.3, -0.25) is 0 Å². The van der Waals surface area contributed by atoms with Gasteiger partial charge in [-0.15, -0.1) is 0 Å². The minimum absolute atomic E-state index is 0.249. The SMILES string of the molecule is C[Si](C)(CC1COC(CC2=NC(C[Si](C)(C)c3ccccc3)CO2)=N1)c1ccccc1. The van der Waals surface area contributed by atoms with Crippen molar-refractivity contribution in [3.63, 3.8) is 0 Å². The van der Waals surface area contributed by atoms with Crippen LogP contribution in [0.2, 0.25) is 38.3 Å². The Morgan fingerprint density at radius 3 is 1.45 bits per heavy atom. The fourth-order valence-corrected chi connectivity index (χ4v) is 10.1. The van der Waals surface area contributed by atoms with E-state index in [1.165, 1.54) is 10.4 Å². The number of aliphatic imine (C=N–C) groups is 2. The fourth-order valence-electron chi connectivity index (χ4n) is 4.67. The molecule has 2 aromatic rings. The molecule has 2 aromatic carbocycles. The number of hydrogen-bond acceptors (Lipinski definition) is 4. The van der Waals surface area contributed by atoms with E-state index in [1.54, 1.807) is 0 Å². The van der Waals surface area contributed by atoms with E-state index < -0.39 is 16.1 Å². The van der Waals surface area contributed by atoms with Crippen LogP contribution in [-0.2, 0) is 9.47 Å². The molecule has 31 heavy (non-hydrogen) atoms. The maximum atomic E-state index is 5.93. The summed E-state index contributed by atoms with van der Waals surface area (Å²) in [6.07, 6.45) is 0.591. The van der Waals surface area contributed by atoms with E-state index in [2.05, 4.69) is 86.9 Å². The van der Waals surface area contributed by atoms with E-state index in [-0.39, 0.29) is 12.1 Å². The molecule has 4 nitrogen and oxygen atoms in total. The first kappa shape index (κ1) is 22.0. The molecule has 164 valence electrons. The van der Waals surface area contributed by atoms with Crippen LogP contribution in [-0.4, -0.2) is 53.2 Å². The van der Waals surface area contributed by atoms with Gasteiger partial charge in [0.05, 0.1) is 34.7 Å². The standard InChI is InChI=1S/C25H34N2O2Si2/c1-30(2,22-11-7-5-8-12-22)18-20-16-28-24(26-20)15-25-27-21(17-29-25)19-31(3,4)23-13-9-6-10-14-23/h5-14,20-21H,15-19H2,1-4H3. The molecular formula is C25H34N2O2Si2. The largest absolute Gasteiger partial charge is 0.478 e. The molecule has 0 N–H and O–H groups in total. The molecule has 2 heterocycles. The first-order valence-corrected chi connectivity index (χ1v) is 17.7. The fraction of sp³-hybridized carbons (Fsp3) is 0.440. The Morgan fingerprint density at radius 2 is 1.06 bits per heavy atom. The van der Waals surface area contributed by atoms with Crippen molar-refractivity contribution >= 4 is 38.3 Å². The molecule has 0 amide bonds. The lowest BCUT2D eigenvalue weighted by Crippen LogP contribution is -2.43. The highest BCUT2D eigenvalue weighted by atomic mass is 28.3. The summed E-state index contributed by atoms with van der Waals surface area (Å²) in [5, 5.41) is 2.96. The molecule has 0 bridgehead atoms. The second kappa shape index (κ2) is 9.12. The maximum Gasteiger partial charge on any atom is 0.193 e. The van der Waals surface area contributed by atoms with Crippen LogP contribution in [0.1, 0.15) is 6.42 Å². The third-order valence-corrected chi connectivity index (χ3v) is 13.2. The maximum absolute atomic E-state index is 5.93. The molecule has 0 saturated heterocycles. The lowest BCUT2D eigenvalue weighted by atomic mass is 10.4. The van der Waals surface area contributed by atoms with Gasteiger partial charge < -0.3 is 9.47 Å². The molecular weight excluding hydrogens is 416 g/mol. The molecule has 2 atom stereocenters. The van der Waals surface area contributed by atoms with E-state index >= 15 is 0 Å². The van der Waals surface area contributed by atoms with E-state index in [0.717, 1.165) is 23.9 Å². The molecule has 0 aliphatic carbocycles. The monoisotopic (exact) mass is 450 g/mol. The highest BCUT2D eigenvalue weighted by Crippen LogP contribution is 2.23. The Balaban J connectivity index is 1.33. The van der Waals surface area contributed by atoms with Gasteiger partial charge in [0.1, 0.15) is 13.2 Å². The average Bonchev–Trinajstić information content (AvgIpc) is 3.38. The van der Waals surface area contributed by atoms with Gasteiger partial charge in [-0.1, -0.05) is 97.2 Å². The first-order chi connectivity index (χ1) is 14.8. The van der Waals surface area contributed by atoms with Gasteiger partial charge in [0.2, 0.25) is 0 Å². The number of nitrogens with zero attached hydrogens (tertiary/aromatic N) is 2. The van der Waals surface area contributed by atoms with Crippen LogP contribution in [0.4, 0.5) is 0 Å². The van der Waals surface area contributed by atoms with Crippen LogP contribution < -0.4 is 10.4 Å². The topological polar surface area (TPSA) is 43.2 Å². The van der Waals surface area contributed by atoms with Crippen LogP contribution in [0.3, 0.4) is 0 Å². The Kier molecular flexibility index (Phi) is 6.48. The van der Waals surface area contributed by atoms with Gasteiger partial charge in [-0.2, -0.15) is 0 Å². The third-order valence-electron chi connectivity index (χ3n) is 6.44. The number of hydrogen-bond donors (Lipinski definition) is 0. The van der Waals surface area contributed by atoms with E-state index in [4.69, 9.17) is 19.5 Å². The van der Waals surface area contributed by atoms with Crippen molar-refractivity contribution in [2.45, 2.75) is 56.8 Å². The Morgan fingerprint density at radius 1 is 0.677 bits per heavy atom. The van der Waals surface area contributed by atoms with Crippen LogP contribution >= 0.6 is 0 Å². The summed E-state index contributed by atoms with van der Waals surface area (Å²) < 4.78 is 11.9. The molecule has 0 fully saturated rings. The second-order valence-electron chi connectivity index (χ2n) is 10.1. The predicted octanol–water partition coefficient (Wildman–Crippen LogP) is 4.20. The zero-order valence-corrected chi connectivity index (χ0v) is 21.2. The number of ether oxygens (including phenoxy) is 2. The van der Waals surface area contributed by atoms with E-state index in [9.17, 15) is 0 Å². The summed E-state index contributed by atoms with van der Waals surface area (Å²) in [5.41, 5.74) is 0. The van der Waals surface area contributed by atoms with Gasteiger partial charge in [0.25, 0.3) is 0 Å². The number of rotatable bonds is 8. The average molecular weight is 451 g/mol. The van der Waals surface area contributed by atoms with Crippen LogP contribution in [0.25, 0.3) is 0 Å². The van der Waals surface area contributed by atoms with Crippen molar-refractivity contribution in [1.82, 2.24) is 0 Å². The van der Waals surface area contributed by atoms with Crippen LogP contribution in [0, 0.1) is 0 Å². The summed E-state index contributed by atoms with van der Waals surface area (Å²) in [5.74, 6) is 1.59. The quantitative estimate of drug-likeness (QED) is 0.566. The van der Waals surface area contributed by atoms with Gasteiger partial charge in [0, 0.05) is 0 Å². The first-order valence-electron chi connectivity index (χ1n) is 11.3. The van der Waals surface area contributed by atoms with Crippen molar-refractivity contribution in [3.05, 3.63) is 60.7 Å². The molecule has 0 spiro atoms. The molecule has 0 saturated carbocycles. The van der Waals surface area contributed by atoms with Gasteiger partial charge >= 0.3 is 0 Å². The van der Waals surface area contributed by atoms with Crippen LogP contribution in [0.15, 0.2) is 70.6 Å². The molecule has 0 radical (unpaired) electrons. The smallest absolute Gasteiger partial charge is 0.193 e. The van der Waals surface area contributed by atoms with Crippen molar-refractivity contribution in [3.8, 4) is 0 Å². The normalized spacial score (nSPS) is 21.3. The molecule has 2 aliphatic rings. The second-order valence-corrected chi connectivity index (χ2v) is 19.6. The van der Waals surface area contributed by atoms with E-state index in [1.807, 2.05) is 0 Å². The summed E-state index contributed by atoms with van der Waals surface area (Å²) >= 11 is 0. The molecule has 6 heteroatoms. The van der Waals surface area contributed by atoms with Gasteiger partial charge in [-0.25, -0.2) is 9.98 Å². The Hall–Kier alpha value is -2.19. The van der Waals surface area contributed by atoms with Crippen molar-refractivity contribution in [1.29, 1.82) is 0 Å². The minimum Gasteiger partial charge on any atom is -0.478 e. The Bertz CT molecular complexity index is 865. The van der Waals surface area contributed by atoms with Gasteiger partial charge in [-0.05, 0) is 12.1 Å². The zero-order valence-electron chi connectivity index (χ0n) is 19.2. The van der Waals surface area contributed by atoms with E-state index in [0.29, 0.717) is 19.6 Å².